The highest BCUT2D eigenvalue weighted by atomic mass is 16.5. The molecule has 2 atom stereocenters. The van der Waals surface area contributed by atoms with Crippen LogP contribution in [0.15, 0.2) is 0 Å². The third-order valence-electron chi connectivity index (χ3n) is 5.09. The molecular formula is C16H27NO4. The van der Waals surface area contributed by atoms with Crippen molar-refractivity contribution in [2.75, 3.05) is 13.2 Å². The van der Waals surface area contributed by atoms with Crippen molar-refractivity contribution in [3.05, 3.63) is 0 Å². The van der Waals surface area contributed by atoms with Crippen LogP contribution < -0.4 is 5.32 Å². The Morgan fingerprint density at radius 1 is 1.29 bits per heavy atom. The first-order valence-electron chi connectivity index (χ1n) is 8.19. The van der Waals surface area contributed by atoms with Gasteiger partial charge in [0.05, 0.1) is 11.3 Å². The number of carbonyl (C=O) groups excluding carboxylic acids is 1. The Morgan fingerprint density at radius 2 is 2.00 bits per heavy atom. The van der Waals surface area contributed by atoms with Gasteiger partial charge in [-0.1, -0.05) is 12.8 Å². The van der Waals surface area contributed by atoms with Crippen molar-refractivity contribution in [1.82, 2.24) is 5.32 Å². The van der Waals surface area contributed by atoms with E-state index >= 15 is 0 Å². The van der Waals surface area contributed by atoms with Crippen LogP contribution in [0.4, 0.5) is 0 Å². The fraction of sp³-hybridized carbons (Fsp3) is 0.875. The Balaban J connectivity index is 1.89. The number of aliphatic carboxylic acids is 1. The van der Waals surface area contributed by atoms with Gasteiger partial charge in [0, 0.05) is 19.3 Å². The number of carboxylic acid groups (broad SMARTS) is 1. The normalized spacial score (nSPS) is 27.7. The Labute approximate surface area is 126 Å². The highest BCUT2D eigenvalue weighted by Crippen LogP contribution is 2.42. The van der Waals surface area contributed by atoms with Crippen LogP contribution in [0.1, 0.15) is 58.3 Å². The van der Waals surface area contributed by atoms with Crippen LogP contribution in [-0.4, -0.2) is 36.2 Å². The summed E-state index contributed by atoms with van der Waals surface area (Å²) in [5.74, 6) is -0.910. The van der Waals surface area contributed by atoms with Crippen LogP contribution in [0.25, 0.3) is 0 Å². The van der Waals surface area contributed by atoms with Crippen molar-refractivity contribution < 1.29 is 19.4 Å². The van der Waals surface area contributed by atoms with Crippen molar-refractivity contribution in [2.24, 2.45) is 11.3 Å². The van der Waals surface area contributed by atoms with Gasteiger partial charge in [0.2, 0.25) is 5.91 Å². The molecule has 2 aliphatic carbocycles. The molecule has 2 saturated carbocycles. The minimum Gasteiger partial charge on any atom is -0.481 e. The molecule has 2 N–H and O–H groups in total. The summed E-state index contributed by atoms with van der Waals surface area (Å²) in [4.78, 5) is 23.7. The molecule has 0 heterocycles. The van der Waals surface area contributed by atoms with Gasteiger partial charge in [-0.15, -0.1) is 0 Å². The zero-order chi connectivity index (χ0) is 15.3. The first-order valence-corrected chi connectivity index (χ1v) is 8.19. The Kier molecular flexibility index (Phi) is 5.62. The summed E-state index contributed by atoms with van der Waals surface area (Å²) in [6, 6.07) is 0.0307. The zero-order valence-corrected chi connectivity index (χ0v) is 12.9. The SMILES string of the molecule is CCOCCC1(C(=O)N[C@@H]2CC[C@H](C(=O)O)C2)CCCC1. The Morgan fingerprint density at radius 3 is 2.57 bits per heavy atom. The number of carboxylic acids is 1. The third kappa shape index (κ3) is 3.96. The molecule has 0 saturated heterocycles. The van der Waals surface area contributed by atoms with Crippen molar-refractivity contribution in [3.8, 4) is 0 Å². The van der Waals surface area contributed by atoms with E-state index in [9.17, 15) is 9.59 Å². The molecule has 0 aromatic heterocycles. The zero-order valence-electron chi connectivity index (χ0n) is 12.9. The highest BCUT2D eigenvalue weighted by Gasteiger charge is 2.42. The van der Waals surface area contributed by atoms with Gasteiger partial charge in [0.25, 0.3) is 0 Å². The van der Waals surface area contributed by atoms with Gasteiger partial charge in [-0.3, -0.25) is 9.59 Å². The highest BCUT2D eigenvalue weighted by molar-refractivity contribution is 5.83. The molecule has 0 spiro atoms. The van der Waals surface area contributed by atoms with Crippen molar-refractivity contribution in [3.63, 3.8) is 0 Å². The van der Waals surface area contributed by atoms with E-state index in [1.807, 2.05) is 6.92 Å². The van der Waals surface area contributed by atoms with Crippen molar-refractivity contribution in [1.29, 1.82) is 0 Å². The molecule has 21 heavy (non-hydrogen) atoms. The van der Waals surface area contributed by atoms with E-state index in [0.717, 1.165) is 38.5 Å². The summed E-state index contributed by atoms with van der Waals surface area (Å²) in [6.45, 7) is 3.28. The topological polar surface area (TPSA) is 75.6 Å². The smallest absolute Gasteiger partial charge is 0.306 e. The standard InChI is InChI=1S/C16H27NO4/c1-2-21-10-9-16(7-3-4-8-16)15(20)17-13-6-5-12(11-13)14(18)19/h12-13H,2-11H2,1H3,(H,17,20)(H,18,19)/t12-,13+/m0/s1. The molecule has 2 aliphatic rings. The van der Waals surface area contributed by atoms with E-state index in [1.165, 1.54) is 0 Å². The molecule has 0 aliphatic heterocycles. The van der Waals surface area contributed by atoms with Crippen LogP contribution in [0, 0.1) is 11.3 Å². The molecule has 2 fully saturated rings. The molecule has 5 nitrogen and oxygen atoms in total. The van der Waals surface area contributed by atoms with Gasteiger partial charge < -0.3 is 15.2 Å². The summed E-state index contributed by atoms with van der Waals surface area (Å²) >= 11 is 0. The number of rotatable bonds is 7. The molecule has 0 aromatic rings. The number of hydrogen-bond acceptors (Lipinski definition) is 3. The lowest BCUT2D eigenvalue weighted by Gasteiger charge is -2.29. The average molecular weight is 297 g/mol. The van der Waals surface area contributed by atoms with E-state index in [4.69, 9.17) is 9.84 Å². The fourth-order valence-corrected chi connectivity index (χ4v) is 3.73. The maximum Gasteiger partial charge on any atom is 0.306 e. The van der Waals surface area contributed by atoms with Crippen LogP contribution in [0.2, 0.25) is 0 Å². The minimum absolute atomic E-state index is 0.0307. The van der Waals surface area contributed by atoms with Gasteiger partial charge in [0.15, 0.2) is 0 Å². The van der Waals surface area contributed by atoms with Gasteiger partial charge in [0.1, 0.15) is 0 Å². The molecule has 120 valence electrons. The van der Waals surface area contributed by atoms with Crippen molar-refractivity contribution in [2.45, 2.75) is 64.3 Å². The van der Waals surface area contributed by atoms with Gasteiger partial charge in [-0.2, -0.15) is 0 Å². The lowest BCUT2D eigenvalue weighted by molar-refractivity contribution is -0.141. The monoisotopic (exact) mass is 297 g/mol. The predicted molar refractivity (Wildman–Crippen MR) is 78.9 cm³/mol. The summed E-state index contributed by atoms with van der Waals surface area (Å²) in [5, 5.41) is 12.2. The number of amides is 1. The van der Waals surface area contributed by atoms with Gasteiger partial charge >= 0.3 is 5.97 Å². The molecule has 5 heteroatoms. The first kappa shape index (κ1) is 16.3. The van der Waals surface area contributed by atoms with E-state index < -0.39 is 5.97 Å². The Bertz CT molecular complexity index is 376. The molecule has 0 bridgehead atoms. The fourth-order valence-electron chi connectivity index (χ4n) is 3.73. The number of carbonyl (C=O) groups is 2. The summed E-state index contributed by atoms with van der Waals surface area (Å²) < 4.78 is 5.43. The van der Waals surface area contributed by atoms with E-state index in [1.54, 1.807) is 0 Å². The third-order valence-corrected chi connectivity index (χ3v) is 5.09. The number of ether oxygens (including phenoxy) is 1. The number of hydrogen-bond donors (Lipinski definition) is 2. The second kappa shape index (κ2) is 7.25. The molecule has 1 amide bonds. The Hall–Kier alpha value is -1.10. The molecule has 0 radical (unpaired) electrons. The van der Waals surface area contributed by atoms with E-state index in [-0.39, 0.29) is 23.3 Å². The average Bonchev–Trinajstić information content (AvgIpc) is 3.09. The van der Waals surface area contributed by atoms with Gasteiger partial charge in [-0.05, 0) is 45.4 Å². The van der Waals surface area contributed by atoms with Crippen LogP contribution in [0.5, 0.6) is 0 Å². The number of nitrogens with one attached hydrogen (secondary N) is 1. The lowest BCUT2D eigenvalue weighted by Crippen LogP contribution is -2.44. The second-order valence-electron chi connectivity index (χ2n) is 6.45. The van der Waals surface area contributed by atoms with Crippen LogP contribution in [0.3, 0.4) is 0 Å². The molecule has 2 rings (SSSR count). The summed E-state index contributed by atoms with van der Waals surface area (Å²) in [5.41, 5.74) is -0.281. The lowest BCUT2D eigenvalue weighted by atomic mass is 9.81. The maximum absolute atomic E-state index is 12.7. The quantitative estimate of drug-likeness (QED) is 0.707. The first-order chi connectivity index (χ1) is 10.1. The summed E-state index contributed by atoms with van der Waals surface area (Å²) in [7, 11) is 0. The van der Waals surface area contributed by atoms with Crippen LogP contribution >= 0.6 is 0 Å². The van der Waals surface area contributed by atoms with Crippen LogP contribution in [-0.2, 0) is 14.3 Å². The predicted octanol–water partition coefficient (Wildman–Crippen LogP) is 2.34. The molecule has 0 unspecified atom stereocenters. The largest absolute Gasteiger partial charge is 0.481 e. The minimum atomic E-state index is -0.737. The molecule has 0 aromatic carbocycles. The summed E-state index contributed by atoms with van der Waals surface area (Å²) in [6.07, 6.45) is 6.87. The second-order valence-corrected chi connectivity index (χ2v) is 6.45. The maximum atomic E-state index is 12.7. The van der Waals surface area contributed by atoms with E-state index in [2.05, 4.69) is 5.32 Å². The van der Waals surface area contributed by atoms with E-state index in [0.29, 0.717) is 26.1 Å². The molecular weight excluding hydrogens is 270 g/mol. The van der Waals surface area contributed by atoms with Gasteiger partial charge in [-0.25, -0.2) is 0 Å². The van der Waals surface area contributed by atoms with Crippen molar-refractivity contribution >= 4 is 11.9 Å².